The molecule has 5 rings (SSSR count). The van der Waals surface area contributed by atoms with E-state index in [1.807, 2.05) is 55.1 Å². The monoisotopic (exact) mass is 469 g/mol. The lowest BCUT2D eigenvalue weighted by atomic mass is 10.2. The van der Waals surface area contributed by atoms with Gasteiger partial charge < -0.3 is 14.4 Å². The second kappa shape index (κ2) is 9.78. The lowest BCUT2D eigenvalue weighted by molar-refractivity contribution is -0.131. The third-order valence-corrected chi connectivity index (χ3v) is 7.07. The van der Waals surface area contributed by atoms with Crippen LogP contribution in [0.15, 0.2) is 71.7 Å². The number of carbonyl (C=O) groups excluding carboxylic acids is 1. The van der Waals surface area contributed by atoms with Crippen LogP contribution >= 0.6 is 0 Å². The fourth-order valence-corrected chi connectivity index (χ4v) is 5.10. The Morgan fingerprint density at radius 1 is 0.857 bits per heavy atom. The first kappa shape index (κ1) is 22.9. The molecule has 0 aliphatic carbocycles. The summed E-state index contributed by atoms with van der Waals surface area (Å²) < 4.78 is 3.61. The van der Waals surface area contributed by atoms with Crippen molar-refractivity contribution in [2.75, 3.05) is 31.1 Å². The van der Waals surface area contributed by atoms with Crippen LogP contribution in [0.25, 0.3) is 16.5 Å². The zero-order valence-corrected chi connectivity index (χ0v) is 20.4. The van der Waals surface area contributed by atoms with Crippen molar-refractivity contribution >= 4 is 22.4 Å². The second-order valence-electron chi connectivity index (χ2n) is 9.12. The molecule has 1 aliphatic heterocycles. The maximum absolute atomic E-state index is 13.3. The fourth-order valence-electron chi connectivity index (χ4n) is 5.10. The van der Waals surface area contributed by atoms with Gasteiger partial charge in [0.15, 0.2) is 0 Å². The molecule has 4 aromatic rings. The maximum Gasteiger partial charge on any atom is 0.281 e. The van der Waals surface area contributed by atoms with Gasteiger partial charge >= 0.3 is 0 Å². The van der Waals surface area contributed by atoms with Crippen LogP contribution < -0.4 is 10.5 Å². The highest BCUT2D eigenvalue weighted by Crippen LogP contribution is 2.23. The Labute approximate surface area is 205 Å². The normalized spacial score (nSPS) is 14.0. The standard InChI is InChI=1S/C28H31N5O2/c1-21-25-20-29-33(24-12-7-4-8-13-24)28(35)27(25)22(2)32(21)15-9-14-26(34)31-18-16-30(17-19-31)23-10-5-3-6-11-23/h3-8,10-13,20H,9,14-19H2,1-2H3. The third kappa shape index (κ3) is 4.46. The van der Waals surface area contributed by atoms with Crippen LogP contribution in [-0.4, -0.2) is 51.3 Å². The average molecular weight is 470 g/mol. The Kier molecular flexibility index (Phi) is 6.40. The molecule has 0 bridgehead atoms. The number of aromatic nitrogens is 3. The predicted octanol–water partition coefficient (Wildman–Crippen LogP) is 3.93. The molecule has 1 aliphatic rings. The minimum Gasteiger partial charge on any atom is -0.368 e. The number of piperazine rings is 1. The van der Waals surface area contributed by atoms with E-state index in [4.69, 9.17) is 0 Å². The highest BCUT2D eigenvalue weighted by molar-refractivity contribution is 5.87. The molecule has 0 radical (unpaired) electrons. The Morgan fingerprint density at radius 2 is 1.49 bits per heavy atom. The van der Waals surface area contributed by atoms with E-state index in [0.717, 1.165) is 55.1 Å². The van der Waals surface area contributed by atoms with E-state index in [1.54, 1.807) is 6.20 Å². The summed E-state index contributed by atoms with van der Waals surface area (Å²) in [7, 11) is 0. The lowest BCUT2D eigenvalue weighted by Gasteiger charge is -2.36. The van der Waals surface area contributed by atoms with Crippen molar-refractivity contribution < 1.29 is 4.79 Å². The van der Waals surface area contributed by atoms with Crippen molar-refractivity contribution in [1.29, 1.82) is 0 Å². The molecule has 0 N–H and O–H groups in total. The number of amides is 1. The number of hydrogen-bond acceptors (Lipinski definition) is 4. The highest BCUT2D eigenvalue weighted by Gasteiger charge is 2.21. The van der Waals surface area contributed by atoms with E-state index >= 15 is 0 Å². The number of fused-ring (bicyclic) bond motifs is 1. The van der Waals surface area contributed by atoms with Crippen molar-refractivity contribution in [1.82, 2.24) is 19.2 Å². The molecule has 0 saturated carbocycles. The summed E-state index contributed by atoms with van der Waals surface area (Å²) in [6.07, 6.45) is 3.02. The van der Waals surface area contributed by atoms with Gasteiger partial charge in [0.05, 0.1) is 17.3 Å². The quantitative estimate of drug-likeness (QED) is 0.429. The SMILES string of the molecule is Cc1c2cnn(-c3ccccc3)c(=O)c2c(C)n1CCCC(=O)N1CCN(c2ccccc2)CC1. The van der Waals surface area contributed by atoms with Crippen molar-refractivity contribution in [2.24, 2.45) is 0 Å². The number of aryl methyl sites for hydroxylation is 2. The summed E-state index contributed by atoms with van der Waals surface area (Å²) in [4.78, 5) is 30.4. The number of hydrogen-bond donors (Lipinski definition) is 0. The van der Waals surface area contributed by atoms with Gasteiger partial charge in [0.2, 0.25) is 5.91 Å². The van der Waals surface area contributed by atoms with Crippen LogP contribution in [0.5, 0.6) is 0 Å². The molecule has 2 aromatic heterocycles. The van der Waals surface area contributed by atoms with Gasteiger partial charge in [-0.1, -0.05) is 36.4 Å². The summed E-state index contributed by atoms with van der Waals surface area (Å²) in [5.74, 6) is 0.206. The summed E-state index contributed by atoms with van der Waals surface area (Å²) in [5, 5.41) is 5.99. The summed E-state index contributed by atoms with van der Waals surface area (Å²) >= 11 is 0. The number of rotatable bonds is 6. The van der Waals surface area contributed by atoms with Crippen LogP contribution in [0.4, 0.5) is 5.69 Å². The topological polar surface area (TPSA) is 63.4 Å². The Morgan fingerprint density at radius 3 is 2.14 bits per heavy atom. The van der Waals surface area contributed by atoms with Crippen LogP contribution in [0, 0.1) is 13.8 Å². The first-order valence-electron chi connectivity index (χ1n) is 12.3. The summed E-state index contributed by atoms with van der Waals surface area (Å²) in [6.45, 7) is 7.93. The molecule has 0 spiro atoms. The van der Waals surface area contributed by atoms with E-state index in [-0.39, 0.29) is 11.5 Å². The largest absolute Gasteiger partial charge is 0.368 e. The molecule has 35 heavy (non-hydrogen) atoms. The molecule has 1 amide bonds. The Balaban J connectivity index is 1.24. The Bertz CT molecular complexity index is 1380. The molecule has 0 atom stereocenters. The summed E-state index contributed by atoms with van der Waals surface area (Å²) in [5.41, 5.74) is 3.80. The van der Waals surface area contributed by atoms with Crippen LogP contribution in [-0.2, 0) is 11.3 Å². The average Bonchev–Trinajstić information content (AvgIpc) is 3.15. The van der Waals surface area contributed by atoms with E-state index in [1.165, 1.54) is 10.4 Å². The summed E-state index contributed by atoms with van der Waals surface area (Å²) in [6, 6.07) is 19.8. The Hall–Kier alpha value is -3.87. The molecule has 3 heterocycles. The maximum atomic E-state index is 13.3. The van der Waals surface area contributed by atoms with Gasteiger partial charge in [-0.25, -0.2) is 0 Å². The molecule has 2 aromatic carbocycles. The minimum absolute atomic E-state index is 0.111. The predicted molar refractivity (Wildman–Crippen MR) is 139 cm³/mol. The molecule has 1 fully saturated rings. The highest BCUT2D eigenvalue weighted by atomic mass is 16.2. The fraction of sp³-hybridized carbons (Fsp3) is 0.321. The molecule has 180 valence electrons. The van der Waals surface area contributed by atoms with Gasteiger partial charge in [0, 0.05) is 61.6 Å². The zero-order chi connectivity index (χ0) is 24.4. The zero-order valence-electron chi connectivity index (χ0n) is 20.4. The van der Waals surface area contributed by atoms with Crippen LogP contribution in [0.1, 0.15) is 24.2 Å². The van der Waals surface area contributed by atoms with Crippen molar-refractivity contribution in [3.8, 4) is 5.69 Å². The minimum atomic E-state index is -0.111. The molecule has 1 saturated heterocycles. The molecule has 7 nitrogen and oxygen atoms in total. The van der Waals surface area contributed by atoms with Crippen LogP contribution in [0.3, 0.4) is 0 Å². The number of benzene rings is 2. The van der Waals surface area contributed by atoms with E-state index in [0.29, 0.717) is 18.4 Å². The lowest BCUT2D eigenvalue weighted by Crippen LogP contribution is -2.48. The van der Waals surface area contributed by atoms with Crippen LogP contribution in [0.2, 0.25) is 0 Å². The third-order valence-electron chi connectivity index (χ3n) is 7.07. The number of carbonyl (C=O) groups is 1. The van der Waals surface area contributed by atoms with Gasteiger partial charge in [-0.05, 0) is 44.5 Å². The second-order valence-corrected chi connectivity index (χ2v) is 9.12. The first-order valence-corrected chi connectivity index (χ1v) is 12.3. The van der Waals surface area contributed by atoms with Gasteiger partial charge in [-0.2, -0.15) is 9.78 Å². The smallest absolute Gasteiger partial charge is 0.281 e. The first-order chi connectivity index (χ1) is 17.0. The molecule has 0 unspecified atom stereocenters. The van der Waals surface area contributed by atoms with E-state index < -0.39 is 0 Å². The number of para-hydroxylation sites is 2. The molecular formula is C28H31N5O2. The number of nitrogens with zero attached hydrogens (tertiary/aromatic N) is 5. The van der Waals surface area contributed by atoms with E-state index in [9.17, 15) is 9.59 Å². The van der Waals surface area contributed by atoms with Gasteiger partial charge in [0.25, 0.3) is 5.56 Å². The van der Waals surface area contributed by atoms with Crippen molar-refractivity contribution in [3.05, 3.63) is 88.6 Å². The van der Waals surface area contributed by atoms with Gasteiger partial charge in [-0.3, -0.25) is 9.59 Å². The van der Waals surface area contributed by atoms with E-state index in [2.05, 4.69) is 38.8 Å². The number of anilines is 1. The van der Waals surface area contributed by atoms with Gasteiger partial charge in [-0.15, -0.1) is 0 Å². The van der Waals surface area contributed by atoms with Gasteiger partial charge in [0.1, 0.15) is 0 Å². The molecular weight excluding hydrogens is 438 g/mol. The van der Waals surface area contributed by atoms with Crippen molar-refractivity contribution in [2.45, 2.75) is 33.2 Å². The molecule has 7 heteroatoms. The van der Waals surface area contributed by atoms with Crippen molar-refractivity contribution in [3.63, 3.8) is 0 Å².